The minimum atomic E-state index is 0.427. The number of thiophene rings is 1. The first-order valence-corrected chi connectivity index (χ1v) is 4.41. The van der Waals surface area contributed by atoms with Gasteiger partial charge in [0.1, 0.15) is 0 Å². The van der Waals surface area contributed by atoms with Crippen LogP contribution < -0.4 is 5.73 Å². The number of hydrogen-bond acceptors (Lipinski definition) is 4. The van der Waals surface area contributed by atoms with Gasteiger partial charge in [0.2, 0.25) is 0 Å². The molecular formula is C8H8N2OS. The van der Waals surface area contributed by atoms with Gasteiger partial charge in [-0.15, -0.1) is 11.3 Å². The van der Waals surface area contributed by atoms with Crippen molar-refractivity contribution in [2.24, 2.45) is 0 Å². The highest BCUT2D eigenvalue weighted by Gasteiger charge is 2.05. The molecular weight excluding hydrogens is 172 g/mol. The number of nitrogen functional groups attached to an aromatic ring is 1. The Hall–Kier alpha value is -1.29. The van der Waals surface area contributed by atoms with E-state index in [4.69, 9.17) is 10.3 Å². The number of hydrogen-bond donors (Lipinski definition) is 1. The highest BCUT2D eigenvalue weighted by molar-refractivity contribution is 7.13. The van der Waals surface area contributed by atoms with Crippen LogP contribution in [0.2, 0.25) is 0 Å². The summed E-state index contributed by atoms with van der Waals surface area (Å²) in [7, 11) is 0. The fraction of sp³-hybridized carbons (Fsp3) is 0.125. The molecule has 0 saturated carbocycles. The molecule has 2 rings (SSSR count). The first kappa shape index (κ1) is 7.36. The summed E-state index contributed by atoms with van der Waals surface area (Å²) >= 11 is 1.63. The Morgan fingerprint density at radius 1 is 1.50 bits per heavy atom. The van der Waals surface area contributed by atoms with Crippen LogP contribution >= 0.6 is 11.3 Å². The van der Waals surface area contributed by atoms with Crippen LogP contribution in [0, 0.1) is 6.92 Å². The van der Waals surface area contributed by atoms with Crippen LogP contribution in [0.3, 0.4) is 0 Å². The molecule has 2 heterocycles. The standard InChI is InChI=1S/C8H8N2OS/c1-5-2-7(12-4-5)6-3-8(9)10-11-6/h2-4H,1H3,(H2,9,10). The Labute approximate surface area is 73.8 Å². The van der Waals surface area contributed by atoms with E-state index in [2.05, 4.69) is 10.5 Å². The Morgan fingerprint density at radius 2 is 2.33 bits per heavy atom. The van der Waals surface area contributed by atoms with Gasteiger partial charge in [0.25, 0.3) is 0 Å². The van der Waals surface area contributed by atoms with Crippen molar-refractivity contribution < 1.29 is 4.52 Å². The fourth-order valence-electron chi connectivity index (χ4n) is 0.965. The Bertz CT molecular complexity index is 353. The van der Waals surface area contributed by atoms with Crippen molar-refractivity contribution in [3.63, 3.8) is 0 Å². The largest absolute Gasteiger partial charge is 0.381 e. The lowest BCUT2D eigenvalue weighted by Crippen LogP contribution is -1.79. The molecule has 0 spiro atoms. The van der Waals surface area contributed by atoms with E-state index >= 15 is 0 Å². The molecule has 0 radical (unpaired) electrons. The summed E-state index contributed by atoms with van der Waals surface area (Å²) in [6.07, 6.45) is 0. The van der Waals surface area contributed by atoms with E-state index in [0.29, 0.717) is 5.82 Å². The molecule has 0 aliphatic rings. The van der Waals surface area contributed by atoms with Crippen LogP contribution in [-0.2, 0) is 0 Å². The summed E-state index contributed by atoms with van der Waals surface area (Å²) in [5.41, 5.74) is 6.65. The normalized spacial score (nSPS) is 10.4. The second-order valence-electron chi connectivity index (χ2n) is 2.60. The molecule has 2 aromatic rings. The Morgan fingerprint density at radius 3 is 2.83 bits per heavy atom. The van der Waals surface area contributed by atoms with Gasteiger partial charge in [0, 0.05) is 6.07 Å². The summed E-state index contributed by atoms with van der Waals surface area (Å²) in [6, 6.07) is 3.77. The van der Waals surface area contributed by atoms with E-state index < -0.39 is 0 Å². The zero-order valence-corrected chi connectivity index (χ0v) is 7.39. The highest BCUT2D eigenvalue weighted by Crippen LogP contribution is 2.27. The second kappa shape index (κ2) is 2.64. The average Bonchev–Trinajstić information content (AvgIpc) is 2.58. The topological polar surface area (TPSA) is 52.0 Å². The van der Waals surface area contributed by atoms with Crippen LogP contribution in [0.25, 0.3) is 10.6 Å². The maximum atomic E-state index is 5.42. The van der Waals surface area contributed by atoms with Crippen molar-refractivity contribution in [3.05, 3.63) is 23.1 Å². The van der Waals surface area contributed by atoms with E-state index in [1.54, 1.807) is 17.4 Å². The van der Waals surface area contributed by atoms with Crippen LogP contribution in [0.1, 0.15) is 5.56 Å². The minimum absolute atomic E-state index is 0.427. The van der Waals surface area contributed by atoms with Gasteiger partial charge in [0.05, 0.1) is 4.88 Å². The quantitative estimate of drug-likeness (QED) is 0.732. The number of rotatable bonds is 1. The molecule has 0 fully saturated rings. The summed E-state index contributed by atoms with van der Waals surface area (Å²) in [5.74, 6) is 1.17. The van der Waals surface area contributed by atoms with E-state index in [1.807, 2.05) is 13.0 Å². The molecule has 0 aromatic carbocycles. The molecule has 2 N–H and O–H groups in total. The summed E-state index contributed by atoms with van der Waals surface area (Å²) < 4.78 is 5.00. The van der Waals surface area contributed by atoms with Crippen molar-refractivity contribution in [3.8, 4) is 10.6 Å². The smallest absolute Gasteiger partial charge is 0.179 e. The number of aryl methyl sites for hydroxylation is 1. The molecule has 0 unspecified atom stereocenters. The average molecular weight is 180 g/mol. The number of aromatic nitrogens is 1. The van der Waals surface area contributed by atoms with E-state index in [9.17, 15) is 0 Å². The van der Waals surface area contributed by atoms with E-state index in [1.165, 1.54) is 5.56 Å². The van der Waals surface area contributed by atoms with Gasteiger partial charge in [-0.1, -0.05) is 5.16 Å². The SMILES string of the molecule is Cc1csc(-c2cc(N)no2)c1. The maximum absolute atomic E-state index is 5.42. The lowest BCUT2D eigenvalue weighted by molar-refractivity contribution is 0.436. The third kappa shape index (κ3) is 1.21. The van der Waals surface area contributed by atoms with Crippen molar-refractivity contribution in [2.45, 2.75) is 6.92 Å². The summed E-state index contributed by atoms with van der Waals surface area (Å²) in [4.78, 5) is 1.07. The minimum Gasteiger partial charge on any atom is -0.381 e. The predicted octanol–water partition coefficient (Wildman–Crippen LogP) is 2.29. The molecule has 0 aliphatic carbocycles. The first-order chi connectivity index (χ1) is 5.75. The summed E-state index contributed by atoms with van der Waals surface area (Å²) in [6.45, 7) is 2.04. The van der Waals surface area contributed by atoms with Gasteiger partial charge in [-0.2, -0.15) is 0 Å². The molecule has 0 amide bonds. The maximum Gasteiger partial charge on any atom is 0.179 e. The number of anilines is 1. The van der Waals surface area contributed by atoms with Gasteiger partial charge < -0.3 is 10.3 Å². The van der Waals surface area contributed by atoms with Crippen LogP contribution in [0.5, 0.6) is 0 Å². The monoisotopic (exact) mass is 180 g/mol. The zero-order valence-electron chi connectivity index (χ0n) is 6.57. The third-order valence-electron chi connectivity index (χ3n) is 1.50. The highest BCUT2D eigenvalue weighted by atomic mass is 32.1. The molecule has 3 nitrogen and oxygen atoms in total. The van der Waals surface area contributed by atoms with Crippen molar-refractivity contribution in [1.82, 2.24) is 5.16 Å². The predicted molar refractivity (Wildman–Crippen MR) is 49.0 cm³/mol. The van der Waals surface area contributed by atoms with E-state index in [-0.39, 0.29) is 0 Å². The van der Waals surface area contributed by atoms with Gasteiger partial charge in [0.15, 0.2) is 11.6 Å². The summed E-state index contributed by atoms with van der Waals surface area (Å²) in [5, 5.41) is 5.68. The third-order valence-corrected chi connectivity index (χ3v) is 2.56. The fourth-order valence-corrected chi connectivity index (χ4v) is 1.81. The zero-order chi connectivity index (χ0) is 8.55. The van der Waals surface area contributed by atoms with Crippen molar-refractivity contribution >= 4 is 17.2 Å². The second-order valence-corrected chi connectivity index (χ2v) is 3.52. The molecule has 62 valence electrons. The van der Waals surface area contributed by atoms with Crippen LogP contribution in [0.4, 0.5) is 5.82 Å². The molecule has 0 bridgehead atoms. The Kier molecular flexibility index (Phi) is 1.62. The molecule has 4 heteroatoms. The number of nitrogens with zero attached hydrogens (tertiary/aromatic N) is 1. The number of nitrogens with two attached hydrogens (primary N) is 1. The van der Waals surface area contributed by atoms with Gasteiger partial charge in [-0.25, -0.2) is 0 Å². The lowest BCUT2D eigenvalue weighted by atomic mass is 10.3. The van der Waals surface area contributed by atoms with Gasteiger partial charge in [-0.3, -0.25) is 0 Å². The van der Waals surface area contributed by atoms with Crippen LogP contribution in [-0.4, -0.2) is 5.16 Å². The van der Waals surface area contributed by atoms with E-state index in [0.717, 1.165) is 10.6 Å². The van der Waals surface area contributed by atoms with Crippen LogP contribution in [0.15, 0.2) is 22.0 Å². The Balaban J connectivity index is 2.43. The van der Waals surface area contributed by atoms with Crippen molar-refractivity contribution in [2.75, 3.05) is 5.73 Å². The molecule has 12 heavy (non-hydrogen) atoms. The molecule has 2 aromatic heterocycles. The van der Waals surface area contributed by atoms with Gasteiger partial charge in [-0.05, 0) is 23.9 Å². The van der Waals surface area contributed by atoms with Crippen molar-refractivity contribution in [1.29, 1.82) is 0 Å². The first-order valence-electron chi connectivity index (χ1n) is 3.53. The van der Waals surface area contributed by atoms with Gasteiger partial charge >= 0.3 is 0 Å². The molecule has 0 atom stereocenters. The molecule has 0 aliphatic heterocycles. The lowest BCUT2D eigenvalue weighted by Gasteiger charge is -1.83. The molecule has 0 saturated heterocycles.